The number of halogens is 2. The Hall–Kier alpha value is -0.780. The maximum absolute atomic E-state index is 13.0. The van der Waals surface area contributed by atoms with Crippen molar-refractivity contribution in [3.05, 3.63) is 50.6 Å². The van der Waals surface area contributed by atoms with Crippen LogP contribution in [-0.2, 0) is 0 Å². The molecule has 1 aromatic carbocycles. The van der Waals surface area contributed by atoms with Crippen LogP contribution < -0.4 is 5.32 Å². The van der Waals surface area contributed by atoms with Crippen molar-refractivity contribution in [1.82, 2.24) is 10.3 Å². The smallest absolute Gasteiger partial charge is 0.124 e. The number of thiazole rings is 1. The van der Waals surface area contributed by atoms with Gasteiger partial charge in [-0.15, -0.1) is 11.3 Å². The van der Waals surface area contributed by atoms with Crippen molar-refractivity contribution in [1.29, 1.82) is 0 Å². The van der Waals surface area contributed by atoms with E-state index in [1.54, 1.807) is 23.6 Å². The van der Waals surface area contributed by atoms with E-state index in [2.05, 4.69) is 40.1 Å². The van der Waals surface area contributed by atoms with E-state index in [1.807, 2.05) is 5.38 Å². The molecule has 0 bridgehead atoms. The standard InChI is InChI=1S/C13H14BrFN2S/c1-8(11-4-3-10(15)7-12(11)14)17-9(2)13-16-5-6-18-13/h3-9,17H,1-2H3. The van der Waals surface area contributed by atoms with Gasteiger partial charge in [-0.25, -0.2) is 9.37 Å². The van der Waals surface area contributed by atoms with Crippen LogP contribution in [0.5, 0.6) is 0 Å². The SMILES string of the molecule is CC(NC(C)c1ccc(F)cc1Br)c1nccs1. The monoisotopic (exact) mass is 328 g/mol. The lowest BCUT2D eigenvalue weighted by Gasteiger charge is -2.20. The summed E-state index contributed by atoms with van der Waals surface area (Å²) in [6.45, 7) is 4.13. The lowest BCUT2D eigenvalue weighted by atomic mass is 10.1. The first kappa shape index (κ1) is 13.6. The maximum Gasteiger partial charge on any atom is 0.124 e. The molecule has 5 heteroatoms. The molecule has 0 amide bonds. The summed E-state index contributed by atoms with van der Waals surface area (Å²) in [5.41, 5.74) is 1.04. The molecule has 1 aromatic heterocycles. The predicted molar refractivity (Wildman–Crippen MR) is 76.2 cm³/mol. The molecule has 0 aliphatic rings. The van der Waals surface area contributed by atoms with Crippen LogP contribution in [0.4, 0.5) is 4.39 Å². The first-order valence-electron chi connectivity index (χ1n) is 5.68. The summed E-state index contributed by atoms with van der Waals surface area (Å²) in [6, 6.07) is 5.07. The summed E-state index contributed by atoms with van der Waals surface area (Å²) < 4.78 is 13.8. The molecule has 0 fully saturated rings. The van der Waals surface area contributed by atoms with Crippen LogP contribution in [0.2, 0.25) is 0 Å². The van der Waals surface area contributed by atoms with Crippen molar-refractivity contribution < 1.29 is 4.39 Å². The minimum Gasteiger partial charge on any atom is -0.301 e. The van der Waals surface area contributed by atoms with Gasteiger partial charge in [0.15, 0.2) is 0 Å². The molecule has 0 saturated heterocycles. The van der Waals surface area contributed by atoms with Gasteiger partial charge in [-0.2, -0.15) is 0 Å². The fourth-order valence-corrected chi connectivity index (χ4v) is 3.19. The van der Waals surface area contributed by atoms with Crippen molar-refractivity contribution in [3.63, 3.8) is 0 Å². The van der Waals surface area contributed by atoms with E-state index in [9.17, 15) is 4.39 Å². The Morgan fingerprint density at radius 2 is 2.11 bits per heavy atom. The first-order chi connectivity index (χ1) is 8.58. The van der Waals surface area contributed by atoms with E-state index < -0.39 is 0 Å². The van der Waals surface area contributed by atoms with Crippen molar-refractivity contribution in [2.24, 2.45) is 0 Å². The van der Waals surface area contributed by atoms with Crippen LogP contribution >= 0.6 is 27.3 Å². The molecule has 18 heavy (non-hydrogen) atoms. The van der Waals surface area contributed by atoms with Crippen molar-refractivity contribution in [2.45, 2.75) is 25.9 Å². The molecule has 2 nitrogen and oxygen atoms in total. The predicted octanol–water partition coefficient (Wildman–Crippen LogP) is 4.46. The average molecular weight is 329 g/mol. The van der Waals surface area contributed by atoms with Crippen LogP contribution in [0.3, 0.4) is 0 Å². The lowest BCUT2D eigenvalue weighted by molar-refractivity contribution is 0.491. The van der Waals surface area contributed by atoms with Gasteiger partial charge < -0.3 is 5.32 Å². The highest BCUT2D eigenvalue weighted by atomic mass is 79.9. The molecule has 0 saturated carbocycles. The minimum absolute atomic E-state index is 0.124. The van der Waals surface area contributed by atoms with E-state index in [0.717, 1.165) is 15.0 Å². The maximum atomic E-state index is 13.0. The summed E-state index contributed by atoms with van der Waals surface area (Å²) >= 11 is 5.02. The van der Waals surface area contributed by atoms with Gasteiger partial charge in [0.1, 0.15) is 10.8 Å². The zero-order valence-corrected chi connectivity index (χ0v) is 12.6. The molecule has 2 rings (SSSR count). The molecule has 2 atom stereocenters. The first-order valence-corrected chi connectivity index (χ1v) is 7.35. The van der Waals surface area contributed by atoms with Crippen LogP contribution in [-0.4, -0.2) is 4.98 Å². The Labute approximate surface area is 118 Å². The van der Waals surface area contributed by atoms with Crippen LogP contribution in [0.1, 0.15) is 36.5 Å². The zero-order chi connectivity index (χ0) is 13.1. The topological polar surface area (TPSA) is 24.9 Å². The fourth-order valence-electron chi connectivity index (χ4n) is 1.84. The third-order valence-electron chi connectivity index (χ3n) is 2.75. The number of benzene rings is 1. The second kappa shape index (κ2) is 5.91. The number of nitrogens with one attached hydrogen (secondary N) is 1. The Bertz CT molecular complexity index is 516. The molecule has 1 N–H and O–H groups in total. The number of hydrogen-bond acceptors (Lipinski definition) is 3. The Balaban J connectivity index is 2.10. The van der Waals surface area contributed by atoms with Crippen LogP contribution in [0.25, 0.3) is 0 Å². The second-order valence-electron chi connectivity index (χ2n) is 4.15. The van der Waals surface area contributed by atoms with E-state index in [1.165, 1.54) is 12.1 Å². The van der Waals surface area contributed by atoms with E-state index in [0.29, 0.717) is 0 Å². The lowest BCUT2D eigenvalue weighted by Crippen LogP contribution is -2.22. The van der Waals surface area contributed by atoms with Crippen molar-refractivity contribution in [3.8, 4) is 0 Å². The number of hydrogen-bond donors (Lipinski definition) is 1. The van der Waals surface area contributed by atoms with Gasteiger partial charge in [0.25, 0.3) is 0 Å². The van der Waals surface area contributed by atoms with Gasteiger partial charge in [-0.3, -0.25) is 0 Å². The van der Waals surface area contributed by atoms with Crippen LogP contribution in [0, 0.1) is 5.82 Å². The molecule has 96 valence electrons. The van der Waals surface area contributed by atoms with Gasteiger partial charge in [0, 0.05) is 22.1 Å². The van der Waals surface area contributed by atoms with Gasteiger partial charge in [0.05, 0.1) is 6.04 Å². The van der Waals surface area contributed by atoms with Crippen molar-refractivity contribution in [2.75, 3.05) is 0 Å². The fraction of sp³-hybridized carbons (Fsp3) is 0.308. The molecule has 0 radical (unpaired) electrons. The highest BCUT2D eigenvalue weighted by molar-refractivity contribution is 9.10. The molecule has 0 aliphatic heterocycles. The normalized spacial score (nSPS) is 14.4. The summed E-state index contributed by atoms with van der Waals surface area (Å²) in [6.07, 6.45) is 1.80. The Morgan fingerprint density at radius 3 is 2.72 bits per heavy atom. The van der Waals surface area contributed by atoms with E-state index >= 15 is 0 Å². The summed E-state index contributed by atoms with van der Waals surface area (Å²) in [5, 5.41) is 6.47. The van der Waals surface area contributed by atoms with Gasteiger partial charge in [0.2, 0.25) is 0 Å². The molecular formula is C13H14BrFN2S. The highest BCUT2D eigenvalue weighted by Crippen LogP contribution is 2.26. The third-order valence-corrected chi connectivity index (χ3v) is 4.40. The quantitative estimate of drug-likeness (QED) is 0.896. The average Bonchev–Trinajstić information content (AvgIpc) is 2.81. The van der Waals surface area contributed by atoms with E-state index in [4.69, 9.17) is 0 Å². The molecule has 1 heterocycles. The van der Waals surface area contributed by atoms with Gasteiger partial charge in [-0.1, -0.05) is 22.0 Å². The number of rotatable bonds is 4. The second-order valence-corrected chi connectivity index (χ2v) is 5.93. The number of aromatic nitrogens is 1. The molecule has 2 aromatic rings. The molecule has 0 aliphatic carbocycles. The molecular weight excluding hydrogens is 315 g/mol. The minimum atomic E-state index is -0.231. The Kier molecular flexibility index (Phi) is 4.48. The van der Waals surface area contributed by atoms with Gasteiger partial charge >= 0.3 is 0 Å². The molecule has 2 unspecified atom stereocenters. The largest absolute Gasteiger partial charge is 0.301 e. The van der Waals surface area contributed by atoms with Crippen molar-refractivity contribution >= 4 is 27.3 Å². The summed E-state index contributed by atoms with van der Waals surface area (Å²) in [4.78, 5) is 4.28. The summed E-state index contributed by atoms with van der Waals surface area (Å²) in [7, 11) is 0. The van der Waals surface area contributed by atoms with Gasteiger partial charge in [-0.05, 0) is 31.5 Å². The van der Waals surface area contributed by atoms with E-state index in [-0.39, 0.29) is 17.9 Å². The summed E-state index contributed by atoms with van der Waals surface area (Å²) in [5.74, 6) is -0.231. The number of nitrogens with zero attached hydrogens (tertiary/aromatic N) is 1. The Morgan fingerprint density at radius 1 is 1.33 bits per heavy atom. The zero-order valence-electron chi connectivity index (χ0n) is 10.2. The molecule has 0 spiro atoms. The third kappa shape index (κ3) is 3.16. The van der Waals surface area contributed by atoms with Crippen LogP contribution in [0.15, 0.2) is 34.2 Å². The highest BCUT2D eigenvalue weighted by Gasteiger charge is 2.15.